The fraction of sp³-hybridized carbons (Fsp3) is 0.412. The van der Waals surface area contributed by atoms with Gasteiger partial charge in [-0.05, 0) is 37.3 Å². The molecule has 0 aromatic carbocycles. The first-order chi connectivity index (χ1) is 21.0. The Morgan fingerprint density at radius 1 is 0.886 bits per heavy atom. The summed E-state index contributed by atoms with van der Waals surface area (Å²) in [6.45, 7) is 7.57. The Kier molecular flexibility index (Phi) is 15.5. The predicted octanol–water partition coefficient (Wildman–Crippen LogP) is 4.50. The molecule has 7 atom stereocenters. The number of ether oxygens (including phenoxy) is 1. The largest absolute Gasteiger partial charge is 0.484 e. The summed E-state index contributed by atoms with van der Waals surface area (Å²) in [6.07, 6.45) is 19.4. The third kappa shape index (κ3) is 11.4. The minimum absolute atomic E-state index is 0.109. The van der Waals surface area contributed by atoms with Gasteiger partial charge < -0.3 is 30.3 Å². The molecule has 2 rings (SSSR count). The van der Waals surface area contributed by atoms with Crippen LogP contribution in [-0.2, 0) is 24.1 Å². The highest BCUT2D eigenvalue weighted by Gasteiger charge is 2.50. The summed E-state index contributed by atoms with van der Waals surface area (Å²) in [5.41, 5.74) is 0.743. The smallest absolute Gasteiger partial charge is 0.338 e. The first kappa shape index (κ1) is 36.4. The lowest BCUT2D eigenvalue weighted by atomic mass is 9.91. The Labute approximate surface area is 258 Å². The second-order valence-electron chi connectivity index (χ2n) is 10.8. The van der Waals surface area contributed by atoms with Gasteiger partial charge in [-0.3, -0.25) is 0 Å². The molecule has 0 aromatic rings. The van der Waals surface area contributed by atoms with Crippen LogP contribution in [0.15, 0.2) is 108 Å². The van der Waals surface area contributed by atoms with Crippen LogP contribution < -0.4 is 0 Å². The van der Waals surface area contributed by atoms with Crippen LogP contribution in [0.25, 0.3) is 0 Å². The second-order valence-corrected chi connectivity index (χ2v) is 10.8. The summed E-state index contributed by atoms with van der Waals surface area (Å²) < 4.78 is 5.57. The van der Waals surface area contributed by atoms with Gasteiger partial charge >= 0.3 is 11.9 Å². The molecule has 0 amide bonds. The molecular formula is C34H44O10. The molecule has 10 heteroatoms. The number of hydrogen-bond donors (Lipinski definition) is 5. The van der Waals surface area contributed by atoms with Crippen molar-refractivity contribution in [3.8, 4) is 0 Å². The SMILES string of the molecule is CCC(C)CC(C)C=C(C=C(C)C=CC=CC=CC=CC=CC=CC1=C(C(=O)O)C2OOC(CO)C(O)[C@H](O1)[C@@H]2O)C(=O)O. The van der Waals surface area contributed by atoms with Crippen molar-refractivity contribution in [3.63, 3.8) is 0 Å². The quantitative estimate of drug-likeness (QED) is 0.101. The van der Waals surface area contributed by atoms with Crippen molar-refractivity contribution in [1.82, 2.24) is 0 Å². The van der Waals surface area contributed by atoms with E-state index in [0.29, 0.717) is 11.5 Å². The average Bonchev–Trinajstić information content (AvgIpc) is 3.04. The topological polar surface area (TPSA) is 163 Å². The summed E-state index contributed by atoms with van der Waals surface area (Å²) in [5.74, 6) is -1.71. The van der Waals surface area contributed by atoms with Crippen LogP contribution in [0.5, 0.6) is 0 Å². The van der Waals surface area contributed by atoms with Gasteiger partial charge in [-0.2, -0.15) is 0 Å². The van der Waals surface area contributed by atoms with Gasteiger partial charge in [0.2, 0.25) is 0 Å². The van der Waals surface area contributed by atoms with E-state index in [0.717, 1.165) is 18.4 Å². The third-order valence-corrected chi connectivity index (χ3v) is 7.04. The maximum Gasteiger partial charge on any atom is 0.338 e. The number of hydrogen-bond acceptors (Lipinski definition) is 8. The Morgan fingerprint density at radius 2 is 1.48 bits per heavy atom. The number of carboxylic acids is 2. The van der Waals surface area contributed by atoms with Crippen LogP contribution in [0.1, 0.15) is 40.5 Å². The molecule has 2 bridgehead atoms. The van der Waals surface area contributed by atoms with E-state index in [4.69, 9.17) is 14.5 Å². The Hall–Kier alpha value is -3.80. The van der Waals surface area contributed by atoms with Crippen molar-refractivity contribution >= 4 is 11.9 Å². The van der Waals surface area contributed by atoms with Crippen LogP contribution >= 0.6 is 0 Å². The van der Waals surface area contributed by atoms with E-state index in [1.54, 1.807) is 30.4 Å². The van der Waals surface area contributed by atoms with Gasteiger partial charge in [0.15, 0.2) is 12.2 Å². The van der Waals surface area contributed by atoms with E-state index >= 15 is 0 Å². The molecule has 5 N–H and O–H groups in total. The van der Waals surface area contributed by atoms with Crippen molar-refractivity contribution in [2.45, 2.75) is 71.1 Å². The molecule has 0 aromatic heterocycles. The fourth-order valence-corrected chi connectivity index (χ4v) is 4.55. The van der Waals surface area contributed by atoms with Crippen molar-refractivity contribution in [2.24, 2.45) is 11.8 Å². The van der Waals surface area contributed by atoms with Gasteiger partial charge in [0.25, 0.3) is 0 Å². The summed E-state index contributed by atoms with van der Waals surface area (Å²) in [7, 11) is 0. The highest BCUT2D eigenvalue weighted by atomic mass is 17.2. The first-order valence-electron chi connectivity index (χ1n) is 14.6. The Morgan fingerprint density at radius 3 is 2.02 bits per heavy atom. The zero-order valence-corrected chi connectivity index (χ0v) is 25.5. The zero-order chi connectivity index (χ0) is 32.6. The van der Waals surface area contributed by atoms with Crippen LogP contribution in [0.4, 0.5) is 0 Å². The lowest BCUT2D eigenvalue weighted by Gasteiger charge is -2.34. The monoisotopic (exact) mass is 612 g/mol. The minimum Gasteiger partial charge on any atom is -0.484 e. The number of aliphatic hydroxyl groups excluding tert-OH is 3. The van der Waals surface area contributed by atoms with Crippen LogP contribution in [-0.4, -0.2) is 74.6 Å². The van der Waals surface area contributed by atoms with E-state index in [-0.39, 0.29) is 17.3 Å². The molecule has 5 unspecified atom stereocenters. The average molecular weight is 613 g/mol. The molecule has 44 heavy (non-hydrogen) atoms. The molecule has 0 saturated carbocycles. The lowest BCUT2D eigenvalue weighted by molar-refractivity contribution is -0.355. The zero-order valence-electron chi connectivity index (χ0n) is 25.5. The Balaban J connectivity index is 1.93. The molecule has 0 spiro atoms. The molecule has 1 fully saturated rings. The molecule has 1 saturated heterocycles. The number of rotatable bonds is 15. The van der Waals surface area contributed by atoms with E-state index in [2.05, 4.69) is 13.8 Å². The second kappa shape index (κ2) is 18.8. The molecular weight excluding hydrogens is 568 g/mol. The lowest BCUT2D eigenvalue weighted by Crippen LogP contribution is -2.52. The molecule has 0 aliphatic carbocycles. The molecule has 2 aliphatic heterocycles. The number of fused-ring (bicyclic) bond motifs is 2. The normalized spacial score (nSPS) is 26.8. The summed E-state index contributed by atoms with van der Waals surface area (Å²) >= 11 is 0. The van der Waals surface area contributed by atoms with Crippen molar-refractivity contribution in [2.75, 3.05) is 6.61 Å². The molecule has 2 heterocycles. The highest BCUT2D eigenvalue weighted by molar-refractivity contribution is 5.90. The maximum absolute atomic E-state index is 11.8. The highest BCUT2D eigenvalue weighted by Crippen LogP contribution is 2.34. The maximum atomic E-state index is 11.8. The van der Waals surface area contributed by atoms with Gasteiger partial charge in [0.05, 0.1) is 12.2 Å². The van der Waals surface area contributed by atoms with Gasteiger partial charge in [-0.25, -0.2) is 19.4 Å². The van der Waals surface area contributed by atoms with Crippen LogP contribution in [0.3, 0.4) is 0 Å². The molecule has 10 nitrogen and oxygen atoms in total. The van der Waals surface area contributed by atoms with E-state index in [1.165, 1.54) is 12.2 Å². The van der Waals surface area contributed by atoms with Crippen molar-refractivity contribution in [1.29, 1.82) is 0 Å². The molecule has 2 aliphatic rings. The number of allylic oxidation sites excluding steroid dienone is 14. The third-order valence-electron chi connectivity index (χ3n) is 7.04. The van der Waals surface area contributed by atoms with Gasteiger partial charge in [-0.15, -0.1) is 0 Å². The minimum atomic E-state index is -1.51. The van der Waals surface area contributed by atoms with E-state index in [9.17, 15) is 35.1 Å². The summed E-state index contributed by atoms with van der Waals surface area (Å²) in [6, 6.07) is 0. The van der Waals surface area contributed by atoms with Crippen molar-refractivity contribution < 1.29 is 49.6 Å². The molecule has 0 radical (unpaired) electrons. The first-order valence-corrected chi connectivity index (χ1v) is 14.6. The predicted molar refractivity (Wildman–Crippen MR) is 166 cm³/mol. The number of carbonyl (C=O) groups is 2. The van der Waals surface area contributed by atoms with Gasteiger partial charge in [0.1, 0.15) is 29.6 Å². The number of carboxylic acid groups (broad SMARTS) is 2. The van der Waals surface area contributed by atoms with Crippen LogP contribution in [0, 0.1) is 11.8 Å². The van der Waals surface area contributed by atoms with Gasteiger partial charge in [0, 0.05) is 0 Å². The Bertz CT molecular complexity index is 1250. The fourth-order valence-electron chi connectivity index (χ4n) is 4.55. The number of aliphatic carboxylic acids is 2. The summed E-state index contributed by atoms with van der Waals surface area (Å²) in [5, 5.41) is 49.3. The standard InChI is InChI=1S/C34H44O10/c1-5-22(2)18-24(4)20-25(33(38)39)19-23(3)16-14-12-10-8-6-7-9-11-13-15-17-26-28(34(40)41)31-30(37)32(42-26)29(36)27(21-35)43-44-31/h6-17,19-20,22,24,27,29-32,35-37H,5,18,21H2,1-4H3,(H,38,39)(H,40,41)/t22?,24?,27?,29?,30-,31?,32+/m1/s1. The van der Waals surface area contributed by atoms with Gasteiger partial charge in [-0.1, -0.05) is 106 Å². The summed E-state index contributed by atoms with van der Waals surface area (Å²) in [4.78, 5) is 33.4. The number of aliphatic hydroxyl groups is 3. The van der Waals surface area contributed by atoms with E-state index < -0.39 is 49.1 Å². The van der Waals surface area contributed by atoms with E-state index in [1.807, 2.05) is 56.4 Å². The van der Waals surface area contributed by atoms with Crippen molar-refractivity contribution in [3.05, 3.63) is 108 Å². The van der Waals surface area contributed by atoms with Crippen LogP contribution in [0.2, 0.25) is 0 Å². The molecule has 240 valence electrons.